The lowest BCUT2D eigenvalue weighted by Gasteiger charge is -1.91. The van der Waals surface area contributed by atoms with Crippen LogP contribution in [0.4, 0.5) is 0 Å². The second-order valence-electron chi connectivity index (χ2n) is 2.86. The standard InChI is InChI=1S/C11H6O2S/c12-6-9(7-13)11-5-8-3-1-2-4-10(8)14-11/h1-5,9H. The molecule has 0 spiro atoms. The van der Waals surface area contributed by atoms with Crippen LogP contribution < -0.4 is 0 Å². The van der Waals surface area contributed by atoms with Gasteiger partial charge in [-0.1, -0.05) is 18.2 Å². The summed E-state index contributed by atoms with van der Waals surface area (Å²) in [5.74, 6) is -0.854. The van der Waals surface area contributed by atoms with Gasteiger partial charge in [0, 0.05) is 9.58 Å². The molecule has 0 saturated heterocycles. The van der Waals surface area contributed by atoms with Crippen molar-refractivity contribution in [3.63, 3.8) is 0 Å². The van der Waals surface area contributed by atoms with Gasteiger partial charge in [0.15, 0.2) is 0 Å². The van der Waals surface area contributed by atoms with E-state index in [1.807, 2.05) is 30.3 Å². The van der Waals surface area contributed by atoms with E-state index in [9.17, 15) is 9.59 Å². The van der Waals surface area contributed by atoms with Gasteiger partial charge in [0.2, 0.25) is 12.6 Å². The lowest BCUT2D eigenvalue weighted by atomic mass is 10.1. The van der Waals surface area contributed by atoms with Gasteiger partial charge in [-0.05, 0) is 17.5 Å². The molecule has 0 aliphatic carbocycles. The highest BCUT2D eigenvalue weighted by Gasteiger charge is 2.14. The number of thiophene rings is 1. The van der Waals surface area contributed by atoms with Crippen molar-refractivity contribution in [2.24, 2.45) is 0 Å². The van der Waals surface area contributed by atoms with Crippen LogP contribution in [0.15, 0.2) is 30.3 Å². The molecule has 2 aromatic rings. The molecule has 0 bridgehead atoms. The fourth-order valence-corrected chi connectivity index (χ4v) is 2.33. The van der Waals surface area contributed by atoms with Crippen molar-refractivity contribution in [2.45, 2.75) is 5.92 Å². The normalized spacial score (nSPS) is 10.6. The Morgan fingerprint density at radius 2 is 1.86 bits per heavy atom. The summed E-state index contributed by atoms with van der Waals surface area (Å²) < 4.78 is 1.07. The molecule has 14 heavy (non-hydrogen) atoms. The van der Waals surface area contributed by atoms with Crippen LogP contribution in [-0.2, 0) is 9.59 Å². The molecule has 0 fully saturated rings. The molecule has 1 heterocycles. The number of carbonyl (C=O) groups excluding carboxylic acids is 2. The molecular weight excluding hydrogens is 196 g/mol. The van der Waals surface area contributed by atoms with E-state index >= 15 is 0 Å². The van der Waals surface area contributed by atoms with Crippen LogP contribution in [0.1, 0.15) is 10.8 Å². The van der Waals surface area contributed by atoms with Crippen LogP contribution >= 0.6 is 11.3 Å². The van der Waals surface area contributed by atoms with E-state index in [2.05, 4.69) is 0 Å². The SMILES string of the molecule is O=[C]C([C]=O)c1cc2ccccc2s1. The van der Waals surface area contributed by atoms with Crippen molar-refractivity contribution in [3.05, 3.63) is 35.2 Å². The van der Waals surface area contributed by atoms with Gasteiger partial charge in [0.25, 0.3) is 0 Å². The van der Waals surface area contributed by atoms with Crippen LogP contribution in [-0.4, -0.2) is 12.6 Å². The van der Waals surface area contributed by atoms with Crippen molar-refractivity contribution in [3.8, 4) is 0 Å². The third-order valence-electron chi connectivity index (χ3n) is 1.96. The van der Waals surface area contributed by atoms with Gasteiger partial charge in [-0.3, -0.25) is 9.59 Å². The summed E-state index contributed by atoms with van der Waals surface area (Å²) in [5, 5.41) is 1.04. The fraction of sp³-hybridized carbons (Fsp3) is 0.0909. The second-order valence-corrected chi connectivity index (χ2v) is 3.97. The summed E-state index contributed by atoms with van der Waals surface area (Å²) in [6.07, 6.45) is 3.33. The minimum atomic E-state index is -0.854. The van der Waals surface area contributed by atoms with Crippen LogP contribution in [0.5, 0.6) is 0 Å². The molecule has 0 aliphatic rings. The third-order valence-corrected chi connectivity index (χ3v) is 3.15. The molecule has 2 rings (SSSR count). The highest BCUT2D eigenvalue weighted by atomic mass is 32.1. The van der Waals surface area contributed by atoms with Crippen LogP contribution in [0.25, 0.3) is 10.1 Å². The molecule has 0 N–H and O–H groups in total. The summed E-state index contributed by atoms with van der Waals surface area (Å²) in [6.45, 7) is 0. The van der Waals surface area contributed by atoms with E-state index < -0.39 is 5.92 Å². The van der Waals surface area contributed by atoms with Crippen LogP contribution in [0.3, 0.4) is 0 Å². The van der Waals surface area contributed by atoms with Crippen LogP contribution in [0.2, 0.25) is 0 Å². The summed E-state index contributed by atoms with van der Waals surface area (Å²) in [4.78, 5) is 21.6. The molecule has 0 aliphatic heterocycles. The maximum atomic E-state index is 10.4. The Morgan fingerprint density at radius 3 is 2.50 bits per heavy atom. The number of fused-ring (bicyclic) bond motifs is 1. The first-order valence-electron chi connectivity index (χ1n) is 4.09. The molecule has 68 valence electrons. The van der Waals surface area contributed by atoms with Crippen molar-refractivity contribution in [2.75, 3.05) is 0 Å². The van der Waals surface area contributed by atoms with Gasteiger partial charge in [-0.15, -0.1) is 11.3 Å². The van der Waals surface area contributed by atoms with E-state index in [1.54, 1.807) is 12.6 Å². The van der Waals surface area contributed by atoms with Crippen molar-refractivity contribution >= 4 is 34.0 Å². The number of benzene rings is 1. The minimum absolute atomic E-state index is 0.705. The molecule has 0 unspecified atom stereocenters. The topological polar surface area (TPSA) is 34.1 Å². The first kappa shape index (κ1) is 9.09. The first-order valence-corrected chi connectivity index (χ1v) is 4.90. The Morgan fingerprint density at radius 1 is 1.14 bits per heavy atom. The van der Waals surface area contributed by atoms with E-state index in [4.69, 9.17) is 0 Å². The van der Waals surface area contributed by atoms with E-state index in [1.165, 1.54) is 11.3 Å². The van der Waals surface area contributed by atoms with E-state index in [0.717, 1.165) is 10.1 Å². The smallest absolute Gasteiger partial charge is 0.215 e. The average molecular weight is 202 g/mol. The van der Waals surface area contributed by atoms with Gasteiger partial charge in [0.1, 0.15) is 5.92 Å². The zero-order valence-corrected chi connectivity index (χ0v) is 8.01. The summed E-state index contributed by atoms with van der Waals surface area (Å²) >= 11 is 1.43. The van der Waals surface area contributed by atoms with Crippen molar-refractivity contribution in [1.82, 2.24) is 0 Å². The Labute approximate surface area is 85.2 Å². The molecule has 3 heteroatoms. The zero-order chi connectivity index (χ0) is 9.97. The van der Waals surface area contributed by atoms with E-state index in [-0.39, 0.29) is 0 Å². The van der Waals surface area contributed by atoms with Crippen molar-refractivity contribution in [1.29, 1.82) is 0 Å². The Bertz CT molecular complexity index is 432. The van der Waals surface area contributed by atoms with Gasteiger partial charge < -0.3 is 0 Å². The third kappa shape index (κ3) is 1.46. The lowest BCUT2D eigenvalue weighted by Crippen LogP contribution is -1.97. The fourth-order valence-electron chi connectivity index (χ4n) is 1.28. The number of hydrogen-bond acceptors (Lipinski definition) is 3. The van der Waals surface area contributed by atoms with E-state index in [0.29, 0.717) is 4.88 Å². The average Bonchev–Trinajstić information content (AvgIpc) is 2.63. The number of hydrogen-bond donors (Lipinski definition) is 0. The first-order chi connectivity index (χ1) is 6.85. The van der Waals surface area contributed by atoms with Gasteiger partial charge in [-0.25, -0.2) is 0 Å². The molecule has 1 aromatic heterocycles. The van der Waals surface area contributed by atoms with Gasteiger partial charge >= 0.3 is 0 Å². The molecule has 2 radical (unpaired) electrons. The van der Waals surface area contributed by atoms with Crippen molar-refractivity contribution < 1.29 is 9.59 Å². The predicted octanol–water partition coefficient (Wildman–Crippen LogP) is 2.20. The summed E-state index contributed by atoms with van der Waals surface area (Å²) in [5.41, 5.74) is 0. The zero-order valence-electron chi connectivity index (χ0n) is 7.19. The quantitative estimate of drug-likeness (QED) is 0.715. The monoisotopic (exact) mass is 202 g/mol. The minimum Gasteiger partial charge on any atom is -0.290 e. The molecule has 0 amide bonds. The molecule has 0 saturated carbocycles. The highest BCUT2D eigenvalue weighted by Crippen LogP contribution is 2.29. The van der Waals surface area contributed by atoms with Gasteiger partial charge in [0.05, 0.1) is 0 Å². The Hall–Kier alpha value is -1.48. The highest BCUT2D eigenvalue weighted by molar-refractivity contribution is 7.19. The molecule has 1 aromatic carbocycles. The number of rotatable bonds is 3. The molecule has 2 nitrogen and oxygen atoms in total. The Kier molecular flexibility index (Phi) is 2.41. The maximum absolute atomic E-state index is 10.4. The van der Waals surface area contributed by atoms with Gasteiger partial charge in [-0.2, -0.15) is 0 Å². The summed E-state index contributed by atoms with van der Waals surface area (Å²) in [7, 11) is 0. The maximum Gasteiger partial charge on any atom is 0.215 e. The van der Waals surface area contributed by atoms with Crippen LogP contribution in [0, 0.1) is 0 Å². The lowest BCUT2D eigenvalue weighted by molar-refractivity contribution is 0.535. The largest absolute Gasteiger partial charge is 0.290 e. The predicted molar refractivity (Wildman–Crippen MR) is 56.0 cm³/mol. The molecular formula is C11H6O2S. The molecule has 0 atom stereocenters. The second kappa shape index (κ2) is 3.72. The Balaban J connectivity index is 2.53. The summed E-state index contributed by atoms with van der Waals surface area (Å²) in [6, 6.07) is 9.58.